The van der Waals surface area contributed by atoms with Crippen molar-refractivity contribution in [3.8, 4) is 6.07 Å². The van der Waals surface area contributed by atoms with Gasteiger partial charge < -0.3 is 10.2 Å². The highest BCUT2D eigenvalue weighted by atomic mass is 16.2. The molecule has 1 N–H and O–H groups in total. The zero-order chi connectivity index (χ0) is 10.6. The zero-order valence-corrected chi connectivity index (χ0v) is 8.66. The van der Waals surface area contributed by atoms with Gasteiger partial charge in [0.1, 0.15) is 0 Å². The smallest absolute Gasteiger partial charge is 0.317 e. The Bertz CT molecular complexity index is 248. The molecule has 2 amide bonds. The number of hydrogen-bond donors (Lipinski definition) is 1. The molecule has 78 valence electrons. The van der Waals surface area contributed by atoms with Gasteiger partial charge >= 0.3 is 6.03 Å². The Morgan fingerprint density at radius 3 is 3.00 bits per heavy atom. The third-order valence-corrected chi connectivity index (χ3v) is 2.52. The van der Waals surface area contributed by atoms with Gasteiger partial charge in [-0.25, -0.2) is 4.79 Å². The lowest BCUT2D eigenvalue weighted by atomic mass is 10.3. The van der Waals surface area contributed by atoms with E-state index in [0.717, 1.165) is 19.6 Å². The molecule has 0 aromatic heterocycles. The van der Waals surface area contributed by atoms with Gasteiger partial charge in [0.25, 0.3) is 0 Å². The lowest BCUT2D eigenvalue weighted by Crippen LogP contribution is -2.38. The van der Waals surface area contributed by atoms with Crippen molar-refractivity contribution in [2.24, 2.45) is 0 Å². The third kappa shape index (κ3) is 2.60. The van der Waals surface area contributed by atoms with Crippen molar-refractivity contribution in [1.29, 1.82) is 5.26 Å². The second-order valence-corrected chi connectivity index (χ2v) is 3.50. The lowest BCUT2D eigenvalue weighted by Gasteiger charge is -2.22. The van der Waals surface area contributed by atoms with Gasteiger partial charge in [-0.3, -0.25) is 4.90 Å². The van der Waals surface area contributed by atoms with Crippen LogP contribution in [0.5, 0.6) is 0 Å². The van der Waals surface area contributed by atoms with Crippen LogP contribution in [-0.2, 0) is 0 Å². The van der Waals surface area contributed by atoms with Crippen molar-refractivity contribution in [3.63, 3.8) is 0 Å². The minimum Gasteiger partial charge on any atom is -0.336 e. The lowest BCUT2D eigenvalue weighted by molar-refractivity contribution is 0.205. The summed E-state index contributed by atoms with van der Waals surface area (Å²) >= 11 is 0. The van der Waals surface area contributed by atoms with E-state index in [4.69, 9.17) is 5.26 Å². The van der Waals surface area contributed by atoms with Gasteiger partial charge in [-0.15, -0.1) is 0 Å². The Hall–Kier alpha value is -1.28. The average molecular weight is 196 g/mol. The monoisotopic (exact) mass is 196 g/mol. The van der Waals surface area contributed by atoms with Crippen molar-refractivity contribution in [3.05, 3.63) is 0 Å². The summed E-state index contributed by atoms with van der Waals surface area (Å²) in [7, 11) is 1.89. The van der Waals surface area contributed by atoms with Gasteiger partial charge in [-0.2, -0.15) is 5.26 Å². The summed E-state index contributed by atoms with van der Waals surface area (Å²) in [5, 5.41) is 11.4. The first kappa shape index (κ1) is 10.8. The van der Waals surface area contributed by atoms with Gasteiger partial charge in [0.15, 0.2) is 0 Å². The average Bonchev–Trinajstić information content (AvgIpc) is 2.59. The Morgan fingerprint density at radius 1 is 1.79 bits per heavy atom. The Morgan fingerprint density at radius 2 is 2.50 bits per heavy atom. The summed E-state index contributed by atoms with van der Waals surface area (Å²) in [6, 6.07) is 2.06. The highest BCUT2D eigenvalue weighted by Gasteiger charge is 2.19. The molecule has 0 radical (unpaired) electrons. The SMILES string of the molecule is CC(C#N)N(C)CCN1CCNC1=O. The second-order valence-electron chi connectivity index (χ2n) is 3.50. The van der Waals surface area contributed by atoms with Gasteiger partial charge in [0.2, 0.25) is 0 Å². The minimum absolute atomic E-state index is 0.00279. The molecule has 1 saturated heterocycles. The number of urea groups is 1. The highest BCUT2D eigenvalue weighted by Crippen LogP contribution is 1.98. The molecule has 0 bridgehead atoms. The first-order valence-corrected chi connectivity index (χ1v) is 4.78. The maximum Gasteiger partial charge on any atom is 0.317 e. The molecule has 1 atom stereocenters. The topological polar surface area (TPSA) is 59.4 Å². The van der Waals surface area contributed by atoms with Crippen LogP contribution in [0, 0.1) is 11.3 Å². The standard InChI is InChI=1S/C9H16N4O/c1-8(7-10)12(2)5-6-13-4-3-11-9(13)14/h8H,3-6H2,1-2H3,(H,11,14). The van der Waals surface area contributed by atoms with Crippen LogP contribution in [0.1, 0.15) is 6.92 Å². The molecule has 0 aromatic carbocycles. The number of hydrogen-bond acceptors (Lipinski definition) is 3. The summed E-state index contributed by atoms with van der Waals surface area (Å²) in [4.78, 5) is 14.9. The van der Waals surface area contributed by atoms with E-state index in [2.05, 4.69) is 11.4 Å². The fourth-order valence-corrected chi connectivity index (χ4v) is 1.30. The quantitative estimate of drug-likeness (QED) is 0.680. The Kier molecular flexibility index (Phi) is 3.72. The van der Waals surface area contributed by atoms with Crippen molar-refractivity contribution >= 4 is 6.03 Å². The molecule has 0 spiro atoms. The molecule has 5 nitrogen and oxygen atoms in total. The fourth-order valence-electron chi connectivity index (χ4n) is 1.30. The van der Waals surface area contributed by atoms with E-state index in [1.165, 1.54) is 0 Å². The first-order valence-electron chi connectivity index (χ1n) is 4.78. The molecule has 1 heterocycles. The number of carbonyl (C=O) groups is 1. The molecule has 1 aliphatic heterocycles. The maximum absolute atomic E-state index is 11.2. The van der Waals surface area contributed by atoms with Gasteiger partial charge in [0, 0.05) is 26.2 Å². The number of carbonyl (C=O) groups excluding carboxylic acids is 1. The summed E-state index contributed by atoms with van der Waals surface area (Å²) in [5.74, 6) is 0. The van der Waals surface area contributed by atoms with Gasteiger partial charge in [-0.05, 0) is 14.0 Å². The minimum atomic E-state index is -0.0966. The molecule has 0 aromatic rings. The molecule has 5 heteroatoms. The number of likely N-dealkylation sites (N-methyl/N-ethyl adjacent to an activating group) is 1. The predicted octanol–water partition coefficient (Wildman–Crippen LogP) is -0.145. The van der Waals surface area contributed by atoms with Crippen LogP contribution < -0.4 is 5.32 Å². The number of nitrogens with zero attached hydrogens (tertiary/aromatic N) is 3. The largest absolute Gasteiger partial charge is 0.336 e. The van der Waals surface area contributed by atoms with Crippen molar-refractivity contribution < 1.29 is 4.79 Å². The molecule has 1 rings (SSSR count). The van der Waals surface area contributed by atoms with E-state index in [-0.39, 0.29) is 12.1 Å². The van der Waals surface area contributed by atoms with Crippen LogP contribution in [-0.4, -0.2) is 55.1 Å². The van der Waals surface area contributed by atoms with E-state index in [1.807, 2.05) is 18.9 Å². The molecular formula is C9H16N4O. The van der Waals surface area contributed by atoms with Crippen LogP contribution in [0.4, 0.5) is 4.79 Å². The normalized spacial score (nSPS) is 18.1. The molecule has 0 saturated carbocycles. The van der Waals surface area contributed by atoms with Crippen LogP contribution in [0.2, 0.25) is 0 Å². The van der Waals surface area contributed by atoms with Crippen LogP contribution in [0.15, 0.2) is 0 Å². The van der Waals surface area contributed by atoms with E-state index < -0.39 is 0 Å². The third-order valence-electron chi connectivity index (χ3n) is 2.52. The number of nitriles is 1. The van der Waals surface area contributed by atoms with Crippen LogP contribution in [0.3, 0.4) is 0 Å². The Labute approximate surface area is 84.3 Å². The van der Waals surface area contributed by atoms with Crippen molar-refractivity contribution in [1.82, 2.24) is 15.1 Å². The van der Waals surface area contributed by atoms with Crippen molar-refractivity contribution in [2.75, 3.05) is 33.2 Å². The summed E-state index contributed by atoms with van der Waals surface area (Å²) in [6.07, 6.45) is 0. The highest BCUT2D eigenvalue weighted by molar-refractivity contribution is 5.76. The van der Waals surface area contributed by atoms with E-state index in [9.17, 15) is 4.79 Å². The van der Waals surface area contributed by atoms with Gasteiger partial charge in [-0.1, -0.05) is 0 Å². The van der Waals surface area contributed by atoms with Crippen molar-refractivity contribution in [2.45, 2.75) is 13.0 Å². The molecular weight excluding hydrogens is 180 g/mol. The van der Waals surface area contributed by atoms with E-state index in [1.54, 1.807) is 4.90 Å². The molecule has 14 heavy (non-hydrogen) atoms. The van der Waals surface area contributed by atoms with Crippen LogP contribution >= 0.6 is 0 Å². The summed E-state index contributed by atoms with van der Waals surface area (Å²) in [6.45, 7) is 4.78. The molecule has 1 unspecified atom stereocenters. The second kappa shape index (κ2) is 4.82. The molecule has 1 fully saturated rings. The number of rotatable bonds is 4. The zero-order valence-electron chi connectivity index (χ0n) is 8.66. The van der Waals surface area contributed by atoms with E-state index >= 15 is 0 Å². The van der Waals surface area contributed by atoms with E-state index in [0.29, 0.717) is 6.54 Å². The molecule has 1 aliphatic rings. The predicted molar refractivity (Wildman–Crippen MR) is 52.7 cm³/mol. The summed E-state index contributed by atoms with van der Waals surface area (Å²) in [5.41, 5.74) is 0. The number of amides is 2. The molecule has 0 aliphatic carbocycles. The number of nitrogens with one attached hydrogen (secondary N) is 1. The van der Waals surface area contributed by atoms with Gasteiger partial charge in [0.05, 0.1) is 12.1 Å². The maximum atomic E-state index is 11.2. The fraction of sp³-hybridized carbons (Fsp3) is 0.778. The first-order chi connectivity index (χ1) is 6.65. The Balaban J connectivity index is 2.26. The summed E-state index contributed by atoms with van der Waals surface area (Å²) < 4.78 is 0. The van der Waals surface area contributed by atoms with Crippen LogP contribution in [0.25, 0.3) is 0 Å².